The summed E-state index contributed by atoms with van der Waals surface area (Å²) in [5.41, 5.74) is 4.95. The van der Waals surface area contributed by atoms with Crippen molar-refractivity contribution in [2.45, 2.75) is 65.8 Å². The van der Waals surface area contributed by atoms with Gasteiger partial charge >= 0.3 is 0 Å². The molecule has 2 heterocycles. The summed E-state index contributed by atoms with van der Waals surface area (Å²) in [5, 5.41) is 3.09. The SMILES string of the molecule is CCCc1c(C(=O)Nc2c(CC)cc(Br)cc2CC)c(=O)c(Br)c2n1CCC2. The van der Waals surface area contributed by atoms with E-state index < -0.39 is 0 Å². The van der Waals surface area contributed by atoms with Crippen LogP contribution < -0.4 is 10.7 Å². The first kappa shape index (κ1) is 21.3. The highest BCUT2D eigenvalue weighted by Gasteiger charge is 2.27. The average molecular weight is 510 g/mol. The van der Waals surface area contributed by atoms with Gasteiger partial charge in [0.05, 0.1) is 4.47 Å². The number of aryl methyl sites for hydroxylation is 2. The van der Waals surface area contributed by atoms with Crippen LogP contribution in [0.5, 0.6) is 0 Å². The lowest BCUT2D eigenvalue weighted by atomic mass is 10.0. The number of hydrogen-bond donors (Lipinski definition) is 1. The number of nitrogens with one attached hydrogen (secondary N) is 1. The molecule has 150 valence electrons. The molecule has 28 heavy (non-hydrogen) atoms. The van der Waals surface area contributed by atoms with E-state index >= 15 is 0 Å². The highest BCUT2D eigenvalue weighted by molar-refractivity contribution is 9.10. The van der Waals surface area contributed by atoms with Gasteiger partial charge in [0.25, 0.3) is 5.91 Å². The van der Waals surface area contributed by atoms with Crippen LogP contribution in [0, 0.1) is 0 Å². The third-order valence-corrected chi connectivity index (χ3v) is 6.67. The molecule has 1 amide bonds. The van der Waals surface area contributed by atoms with Crippen LogP contribution >= 0.6 is 31.9 Å². The topological polar surface area (TPSA) is 51.1 Å². The quantitative estimate of drug-likeness (QED) is 0.547. The summed E-state index contributed by atoms with van der Waals surface area (Å²) < 4.78 is 3.72. The fraction of sp³-hybridized carbons (Fsp3) is 0.455. The van der Waals surface area contributed by atoms with Crippen LogP contribution in [0.1, 0.15) is 66.5 Å². The molecule has 1 aromatic carbocycles. The van der Waals surface area contributed by atoms with Gasteiger partial charge < -0.3 is 9.88 Å². The maximum absolute atomic E-state index is 13.3. The third-order valence-electron chi connectivity index (χ3n) is 5.40. The molecule has 0 unspecified atom stereocenters. The Morgan fingerprint density at radius 1 is 1.14 bits per heavy atom. The Morgan fingerprint density at radius 2 is 1.79 bits per heavy atom. The van der Waals surface area contributed by atoms with E-state index in [1.165, 1.54) is 0 Å². The predicted octanol–water partition coefficient (Wildman–Crippen LogP) is 5.65. The number of pyridine rings is 1. The van der Waals surface area contributed by atoms with Crippen molar-refractivity contribution in [1.82, 2.24) is 4.57 Å². The molecule has 0 aliphatic carbocycles. The number of fused-ring (bicyclic) bond motifs is 1. The van der Waals surface area contributed by atoms with E-state index in [1.54, 1.807) is 0 Å². The van der Waals surface area contributed by atoms with E-state index in [0.717, 1.165) is 77.7 Å². The Labute approximate surface area is 183 Å². The zero-order valence-electron chi connectivity index (χ0n) is 16.6. The third kappa shape index (κ3) is 3.86. The summed E-state index contributed by atoms with van der Waals surface area (Å²) >= 11 is 7.02. The highest BCUT2D eigenvalue weighted by atomic mass is 79.9. The molecule has 1 aromatic heterocycles. The van der Waals surface area contributed by atoms with Gasteiger partial charge in [-0.15, -0.1) is 0 Å². The number of amides is 1. The molecule has 3 rings (SSSR count). The lowest BCUT2D eigenvalue weighted by Crippen LogP contribution is -2.29. The minimum atomic E-state index is -0.303. The van der Waals surface area contributed by atoms with E-state index in [-0.39, 0.29) is 16.9 Å². The van der Waals surface area contributed by atoms with Gasteiger partial charge in [-0.2, -0.15) is 0 Å². The fourth-order valence-corrected chi connectivity index (χ4v) is 5.22. The number of hydrogen-bond acceptors (Lipinski definition) is 2. The summed E-state index contributed by atoms with van der Waals surface area (Å²) in [6.07, 6.45) is 5.10. The molecule has 1 aliphatic rings. The standard InChI is InChI=1S/C22H26Br2N2O2/c1-4-8-16-18(21(27)19(24)17-9-7-10-26(16)17)22(28)25-20-13(5-2)11-15(23)12-14(20)6-3/h11-12H,4-10H2,1-3H3,(H,25,28). The molecule has 0 bridgehead atoms. The summed E-state index contributed by atoms with van der Waals surface area (Å²) in [5.74, 6) is -0.303. The van der Waals surface area contributed by atoms with Crippen molar-refractivity contribution in [3.8, 4) is 0 Å². The number of nitrogens with zero attached hydrogens (tertiary/aromatic N) is 1. The molecule has 0 radical (unpaired) electrons. The van der Waals surface area contributed by atoms with Gasteiger partial charge in [-0.25, -0.2) is 0 Å². The molecule has 0 saturated heterocycles. The van der Waals surface area contributed by atoms with Crippen LogP contribution in [0.2, 0.25) is 0 Å². The molecule has 0 spiro atoms. The van der Waals surface area contributed by atoms with Crippen LogP contribution in [-0.2, 0) is 32.2 Å². The minimum absolute atomic E-state index is 0.192. The second-order valence-corrected chi connectivity index (χ2v) is 8.89. The second-order valence-electron chi connectivity index (χ2n) is 7.18. The number of aromatic nitrogens is 1. The largest absolute Gasteiger partial charge is 0.346 e. The molecular formula is C22H26Br2N2O2. The van der Waals surface area contributed by atoms with E-state index in [9.17, 15) is 9.59 Å². The van der Waals surface area contributed by atoms with Gasteiger partial charge in [0.15, 0.2) is 0 Å². The molecule has 6 heteroatoms. The van der Waals surface area contributed by atoms with E-state index in [2.05, 4.69) is 62.5 Å². The zero-order chi connectivity index (χ0) is 20.4. The van der Waals surface area contributed by atoms with Crippen LogP contribution in [0.3, 0.4) is 0 Å². The summed E-state index contributed by atoms with van der Waals surface area (Å²) in [6.45, 7) is 7.08. The molecule has 0 saturated carbocycles. The summed E-state index contributed by atoms with van der Waals surface area (Å²) in [4.78, 5) is 26.4. The van der Waals surface area contributed by atoms with Crippen molar-refractivity contribution in [2.24, 2.45) is 0 Å². The van der Waals surface area contributed by atoms with E-state index in [1.807, 2.05) is 12.1 Å². The number of carbonyl (C=O) groups is 1. The number of anilines is 1. The Morgan fingerprint density at radius 3 is 2.36 bits per heavy atom. The predicted molar refractivity (Wildman–Crippen MR) is 122 cm³/mol. The number of benzene rings is 1. The average Bonchev–Trinajstić information content (AvgIpc) is 3.17. The Kier molecular flexibility index (Phi) is 6.81. The van der Waals surface area contributed by atoms with Crippen molar-refractivity contribution in [3.05, 3.63) is 59.4 Å². The monoisotopic (exact) mass is 508 g/mol. The zero-order valence-corrected chi connectivity index (χ0v) is 19.8. The molecule has 0 fully saturated rings. The van der Waals surface area contributed by atoms with Crippen molar-refractivity contribution >= 4 is 43.5 Å². The number of carbonyl (C=O) groups excluding carboxylic acids is 1. The first-order valence-electron chi connectivity index (χ1n) is 9.99. The lowest BCUT2D eigenvalue weighted by Gasteiger charge is -2.19. The van der Waals surface area contributed by atoms with Crippen molar-refractivity contribution in [3.63, 3.8) is 0 Å². The maximum Gasteiger partial charge on any atom is 0.261 e. The normalized spacial score (nSPS) is 12.9. The van der Waals surface area contributed by atoms with Gasteiger partial charge in [0, 0.05) is 28.1 Å². The Balaban J connectivity index is 2.12. The minimum Gasteiger partial charge on any atom is -0.346 e. The fourth-order valence-electron chi connectivity index (χ4n) is 4.06. The van der Waals surface area contributed by atoms with Gasteiger partial charge in [-0.1, -0.05) is 43.1 Å². The molecule has 1 N–H and O–H groups in total. The molecule has 2 aromatic rings. The lowest BCUT2D eigenvalue weighted by molar-refractivity contribution is 0.102. The van der Waals surface area contributed by atoms with Crippen LogP contribution in [-0.4, -0.2) is 10.5 Å². The smallest absolute Gasteiger partial charge is 0.261 e. The molecule has 4 nitrogen and oxygen atoms in total. The van der Waals surface area contributed by atoms with Crippen molar-refractivity contribution < 1.29 is 4.79 Å². The van der Waals surface area contributed by atoms with Gasteiger partial charge in [-0.3, -0.25) is 9.59 Å². The highest BCUT2D eigenvalue weighted by Crippen LogP contribution is 2.30. The van der Waals surface area contributed by atoms with Crippen LogP contribution in [0.4, 0.5) is 5.69 Å². The first-order chi connectivity index (χ1) is 13.4. The van der Waals surface area contributed by atoms with E-state index in [4.69, 9.17) is 0 Å². The van der Waals surface area contributed by atoms with Crippen LogP contribution in [0.15, 0.2) is 25.9 Å². The Hall–Kier alpha value is -1.40. The Bertz CT molecular complexity index is 954. The molecule has 0 atom stereocenters. The number of halogens is 2. The van der Waals surface area contributed by atoms with Gasteiger partial charge in [0.2, 0.25) is 5.43 Å². The summed E-state index contributed by atoms with van der Waals surface area (Å²) in [6, 6.07) is 4.07. The summed E-state index contributed by atoms with van der Waals surface area (Å²) in [7, 11) is 0. The van der Waals surface area contributed by atoms with Gasteiger partial charge in [-0.05, 0) is 71.3 Å². The van der Waals surface area contributed by atoms with Crippen molar-refractivity contribution in [1.29, 1.82) is 0 Å². The molecule has 1 aliphatic heterocycles. The van der Waals surface area contributed by atoms with Crippen LogP contribution in [0.25, 0.3) is 0 Å². The maximum atomic E-state index is 13.3. The first-order valence-corrected chi connectivity index (χ1v) is 11.6. The van der Waals surface area contributed by atoms with Gasteiger partial charge in [0.1, 0.15) is 5.56 Å². The molecular weight excluding hydrogens is 484 g/mol. The second kappa shape index (κ2) is 8.95. The van der Waals surface area contributed by atoms with Crippen molar-refractivity contribution in [2.75, 3.05) is 5.32 Å². The van der Waals surface area contributed by atoms with E-state index in [0.29, 0.717) is 4.47 Å². The number of rotatable bonds is 6.